The van der Waals surface area contributed by atoms with Gasteiger partial charge in [-0.15, -0.1) is 0 Å². The van der Waals surface area contributed by atoms with E-state index < -0.39 is 34.4 Å². The Labute approximate surface area is 121 Å². The highest BCUT2D eigenvalue weighted by molar-refractivity contribution is 7.85. The Kier molecular flexibility index (Phi) is 5.41. The fourth-order valence-electron chi connectivity index (χ4n) is 1.57. The molecule has 0 bridgehead atoms. The fraction of sp³-hybridized carbons (Fsp3) is 0.462. The Morgan fingerprint density at radius 2 is 1.81 bits per heavy atom. The molecular formula is C13H16F2O5S. The van der Waals surface area contributed by atoms with Crippen LogP contribution in [0.15, 0.2) is 24.3 Å². The lowest BCUT2D eigenvalue weighted by atomic mass is 10.0. The van der Waals surface area contributed by atoms with E-state index in [1.165, 1.54) is 12.1 Å². The molecule has 0 aliphatic carbocycles. The first kappa shape index (κ1) is 17.5. The number of ether oxygens (including phenoxy) is 1. The van der Waals surface area contributed by atoms with E-state index in [1.54, 1.807) is 12.1 Å². The maximum atomic E-state index is 13.1. The molecule has 0 aliphatic heterocycles. The molecule has 8 heteroatoms. The molecule has 0 atom stereocenters. The SMILES string of the molecule is CC(C)c1ccc(C(=O)OCC(F)(F)CS(=O)(=O)O)cc1. The highest BCUT2D eigenvalue weighted by atomic mass is 32.2. The summed E-state index contributed by atoms with van der Waals surface area (Å²) in [5.74, 6) is -6.37. The second-order valence-electron chi connectivity index (χ2n) is 4.94. The van der Waals surface area contributed by atoms with Crippen molar-refractivity contribution in [2.75, 3.05) is 12.4 Å². The molecule has 0 radical (unpaired) electrons. The number of benzene rings is 1. The molecule has 1 aromatic rings. The third kappa shape index (κ3) is 6.17. The largest absolute Gasteiger partial charge is 0.456 e. The molecule has 0 unspecified atom stereocenters. The molecule has 5 nitrogen and oxygen atoms in total. The molecule has 0 saturated carbocycles. The van der Waals surface area contributed by atoms with E-state index in [1.807, 2.05) is 13.8 Å². The number of alkyl halides is 2. The highest BCUT2D eigenvalue weighted by Crippen LogP contribution is 2.18. The molecule has 1 N–H and O–H groups in total. The molecule has 118 valence electrons. The average Bonchev–Trinajstić information content (AvgIpc) is 2.33. The third-order valence-corrected chi connectivity index (χ3v) is 3.41. The van der Waals surface area contributed by atoms with Crippen molar-refractivity contribution in [2.24, 2.45) is 0 Å². The molecule has 0 spiro atoms. The molecule has 21 heavy (non-hydrogen) atoms. The van der Waals surface area contributed by atoms with Crippen LogP contribution in [0.3, 0.4) is 0 Å². The predicted molar refractivity (Wildman–Crippen MR) is 72.2 cm³/mol. The molecule has 0 aromatic heterocycles. The van der Waals surface area contributed by atoms with Crippen LogP contribution >= 0.6 is 0 Å². The zero-order valence-electron chi connectivity index (χ0n) is 11.5. The Balaban J connectivity index is 2.65. The number of esters is 1. The van der Waals surface area contributed by atoms with Crippen molar-refractivity contribution in [1.82, 2.24) is 0 Å². The summed E-state index contributed by atoms with van der Waals surface area (Å²) >= 11 is 0. The van der Waals surface area contributed by atoms with Gasteiger partial charge in [-0.05, 0) is 23.6 Å². The molecule has 0 saturated heterocycles. The first-order valence-corrected chi connectivity index (χ1v) is 7.71. The Bertz CT molecular complexity index is 593. The lowest BCUT2D eigenvalue weighted by molar-refractivity contribution is -0.0449. The van der Waals surface area contributed by atoms with E-state index in [-0.39, 0.29) is 11.5 Å². The van der Waals surface area contributed by atoms with Gasteiger partial charge in [-0.3, -0.25) is 4.55 Å². The second kappa shape index (κ2) is 6.48. The summed E-state index contributed by atoms with van der Waals surface area (Å²) in [5.41, 5.74) is 1.06. The lowest BCUT2D eigenvalue weighted by Crippen LogP contribution is -2.33. The van der Waals surface area contributed by atoms with E-state index >= 15 is 0 Å². The van der Waals surface area contributed by atoms with Crippen LogP contribution in [0.5, 0.6) is 0 Å². The van der Waals surface area contributed by atoms with Gasteiger partial charge in [0, 0.05) is 0 Å². The van der Waals surface area contributed by atoms with Crippen LogP contribution in [-0.4, -0.2) is 37.2 Å². The molecule has 0 aliphatic rings. The molecular weight excluding hydrogens is 306 g/mol. The number of carbonyl (C=O) groups excluding carboxylic acids is 1. The van der Waals surface area contributed by atoms with Crippen molar-refractivity contribution in [3.63, 3.8) is 0 Å². The van der Waals surface area contributed by atoms with Crippen LogP contribution < -0.4 is 0 Å². The third-order valence-electron chi connectivity index (χ3n) is 2.62. The van der Waals surface area contributed by atoms with Gasteiger partial charge >= 0.3 is 5.97 Å². The minimum Gasteiger partial charge on any atom is -0.456 e. The number of carbonyl (C=O) groups is 1. The fourth-order valence-corrected chi connectivity index (χ4v) is 2.18. The van der Waals surface area contributed by atoms with Crippen molar-refractivity contribution >= 4 is 16.1 Å². The number of rotatable bonds is 6. The van der Waals surface area contributed by atoms with E-state index in [9.17, 15) is 22.0 Å². The van der Waals surface area contributed by atoms with Gasteiger partial charge in [0.05, 0.1) is 5.56 Å². The number of hydrogen-bond acceptors (Lipinski definition) is 4. The van der Waals surface area contributed by atoms with Gasteiger partial charge in [-0.1, -0.05) is 26.0 Å². The van der Waals surface area contributed by atoms with Gasteiger partial charge in [-0.2, -0.15) is 8.42 Å². The highest BCUT2D eigenvalue weighted by Gasteiger charge is 2.36. The predicted octanol–water partition coefficient (Wildman–Crippen LogP) is 2.49. The van der Waals surface area contributed by atoms with Crippen molar-refractivity contribution in [3.05, 3.63) is 35.4 Å². The van der Waals surface area contributed by atoms with Gasteiger partial charge in [0.25, 0.3) is 16.0 Å². The maximum absolute atomic E-state index is 13.1. The van der Waals surface area contributed by atoms with Gasteiger partial charge in [0.1, 0.15) is 5.75 Å². The van der Waals surface area contributed by atoms with Gasteiger partial charge in [0.2, 0.25) is 0 Å². The van der Waals surface area contributed by atoms with Gasteiger partial charge in [-0.25, -0.2) is 13.6 Å². The normalized spacial score (nSPS) is 12.5. The second-order valence-corrected chi connectivity index (χ2v) is 6.39. The molecule has 0 amide bonds. The molecule has 1 rings (SSSR count). The summed E-state index contributed by atoms with van der Waals surface area (Å²) in [4.78, 5) is 11.6. The van der Waals surface area contributed by atoms with E-state index in [4.69, 9.17) is 4.55 Å². The lowest BCUT2D eigenvalue weighted by Gasteiger charge is -2.14. The summed E-state index contributed by atoms with van der Waals surface area (Å²) < 4.78 is 59.8. The number of halogens is 2. The van der Waals surface area contributed by atoms with Crippen molar-refractivity contribution in [3.8, 4) is 0 Å². The molecule has 0 fully saturated rings. The average molecular weight is 322 g/mol. The maximum Gasteiger partial charge on any atom is 0.338 e. The minimum absolute atomic E-state index is 0.0852. The zero-order chi connectivity index (χ0) is 16.3. The topological polar surface area (TPSA) is 80.7 Å². The minimum atomic E-state index is -4.85. The Morgan fingerprint density at radius 3 is 2.24 bits per heavy atom. The summed E-state index contributed by atoms with van der Waals surface area (Å²) in [6.45, 7) is 2.50. The van der Waals surface area contributed by atoms with E-state index in [2.05, 4.69) is 4.74 Å². The summed E-state index contributed by atoms with van der Waals surface area (Å²) in [6.07, 6.45) is 0. The summed E-state index contributed by atoms with van der Waals surface area (Å²) in [6, 6.07) is 6.24. The van der Waals surface area contributed by atoms with Gasteiger partial charge in [0.15, 0.2) is 6.61 Å². The van der Waals surface area contributed by atoms with Crippen LogP contribution in [0.2, 0.25) is 0 Å². The molecule has 1 aromatic carbocycles. The summed E-state index contributed by atoms with van der Waals surface area (Å²) in [7, 11) is -4.85. The van der Waals surface area contributed by atoms with E-state index in [0.29, 0.717) is 0 Å². The first-order chi connectivity index (χ1) is 9.50. The zero-order valence-corrected chi connectivity index (χ0v) is 12.4. The van der Waals surface area contributed by atoms with Crippen LogP contribution in [0, 0.1) is 0 Å². The smallest absolute Gasteiger partial charge is 0.338 e. The number of hydrogen-bond donors (Lipinski definition) is 1. The van der Waals surface area contributed by atoms with Crippen molar-refractivity contribution in [1.29, 1.82) is 0 Å². The van der Waals surface area contributed by atoms with Crippen LogP contribution in [-0.2, 0) is 14.9 Å². The summed E-state index contributed by atoms with van der Waals surface area (Å²) in [5, 5.41) is 0. The monoisotopic (exact) mass is 322 g/mol. The van der Waals surface area contributed by atoms with Crippen molar-refractivity contribution < 1.29 is 31.3 Å². The van der Waals surface area contributed by atoms with Crippen LogP contribution in [0.25, 0.3) is 0 Å². The molecule has 0 heterocycles. The first-order valence-electron chi connectivity index (χ1n) is 6.10. The Hall–Kier alpha value is -1.54. The standard InChI is InChI=1S/C13H16F2O5S/c1-9(2)10-3-5-11(6-4-10)12(16)20-7-13(14,15)8-21(17,18)19/h3-6,9H,7-8H2,1-2H3,(H,17,18,19). The van der Waals surface area contributed by atoms with E-state index in [0.717, 1.165) is 5.56 Å². The van der Waals surface area contributed by atoms with Gasteiger partial charge < -0.3 is 4.74 Å². The van der Waals surface area contributed by atoms with Crippen LogP contribution in [0.1, 0.15) is 35.7 Å². The Morgan fingerprint density at radius 1 is 1.29 bits per heavy atom. The van der Waals surface area contributed by atoms with Crippen molar-refractivity contribution in [2.45, 2.75) is 25.7 Å². The quantitative estimate of drug-likeness (QED) is 0.643. The van der Waals surface area contributed by atoms with Crippen LogP contribution in [0.4, 0.5) is 8.78 Å².